The summed E-state index contributed by atoms with van der Waals surface area (Å²) in [5.41, 5.74) is 14.9. The van der Waals surface area contributed by atoms with Crippen LogP contribution in [0.15, 0.2) is 168 Å². The number of nitrogens with zero attached hydrogens (tertiary/aromatic N) is 1. The highest BCUT2D eigenvalue weighted by atomic mass is 14.7. The Hall–Kier alpha value is -6.69. The number of aryl methyl sites for hydroxylation is 1. The number of allylic oxidation sites excluding steroid dienone is 6. The molecule has 0 spiro atoms. The Labute approximate surface area is 311 Å². The van der Waals surface area contributed by atoms with Crippen molar-refractivity contribution in [3.63, 3.8) is 0 Å². The maximum absolute atomic E-state index is 5.71. The zero-order chi connectivity index (χ0) is 36.1. The maximum atomic E-state index is 5.71. The summed E-state index contributed by atoms with van der Waals surface area (Å²) in [5.74, 6) is 7.04. The van der Waals surface area contributed by atoms with Gasteiger partial charge in [0.2, 0.25) is 0 Å². The number of nitrogens with two attached hydrogens (primary N) is 1. The molecular weight excluding hydrogens is 641 g/mol. The minimum Gasteiger partial charge on any atom is -0.402 e. The van der Waals surface area contributed by atoms with Crippen molar-refractivity contribution < 1.29 is 0 Å². The lowest BCUT2D eigenvalue weighted by Crippen LogP contribution is -2.20. The zero-order valence-electron chi connectivity index (χ0n) is 30.1. The number of hydrogen-bond acceptors (Lipinski definition) is 2. The first-order valence-corrected chi connectivity index (χ1v) is 18.2. The fourth-order valence-corrected chi connectivity index (χ4v) is 7.53. The van der Waals surface area contributed by atoms with E-state index in [1.54, 1.807) is 6.21 Å². The van der Waals surface area contributed by atoms with Crippen molar-refractivity contribution in [2.24, 2.45) is 10.7 Å². The van der Waals surface area contributed by atoms with E-state index in [0.717, 1.165) is 17.8 Å². The smallest absolute Gasteiger partial charge is 0.0648 e. The summed E-state index contributed by atoms with van der Waals surface area (Å²) in [7, 11) is 0. The predicted molar refractivity (Wildman–Crippen MR) is 229 cm³/mol. The number of benzene rings is 7. The summed E-state index contributed by atoms with van der Waals surface area (Å²) in [4.78, 5) is 4.60. The Morgan fingerprint density at radius 3 is 2.02 bits per heavy atom. The average Bonchev–Trinajstić information content (AvgIpc) is 3.18. The fraction of sp³-hybridized carbons (Fsp3) is 0.0784. The molecule has 7 aromatic rings. The second-order valence-corrected chi connectivity index (χ2v) is 13.6. The van der Waals surface area contributed by atoms with Crippen molar-refractivity contribution in [3.8, 4) is 34.1 Å². The van der Waals surface area contributed by atoms with E-state index in [1.807, 2.05) is 43.4 Å². The van der Waals surface area contributed by atoms with Gasteiger partial charge < -0.3 is 5.73 Å². The summed E-state index contributed by atoms with van der Waals surface area (Å²) in [5, 5.41) is 10.1. The molecule has 0 heterocycles. The summed E-state index contributed by atoms with van der Waals surface area (Å²) < 4.78 is 0. The van der Waals surface area contributed by atoms with E-state index in [4.69, 9.17) is 5.73 Å². The second-order valence-electron chi connectivity index (χ2n) is 13.6. The van der Waals surface area contributed by atoms with E-state index in [0.29, 0.717) is 0 Å². The molecule has 2 nitrogen and oxygen atoms in total. The maximum Gasteiger partial charge on any atom is 0.0648 e. The van der Waals surface area contributed by atoms with E-state index < -0.39 is 0 Å². The second kappa shape index (κ2) is 14.9. The zero-order valence-corrected chi connectivity index (χ0v) is 30.1. The third kappa shape index (κ3) is 6.86. The quantitative estimate of drug-likeness (QED) is 0.0836. The highest BCUT2D eigenvalue weighted by molar-refractivity contribution is 6.21. The van der Waals surface area contributed by atoms with Crippen LogP contribution in [-0.4, -0.2) is 6.21 Å². The summed E-state index contributed by atoms with van der Waals surface area (Å²) in [6.45, 7) is 3.95. The molecule has 2 aliphatic rings. The van der Waals surface area contributed by atoms with Gasteiger partial charge in [-0.1, -0.05) is 151 Å². The van der Waals surface area contributed by atoms with E-state index in [2.05, 4.69) is 157 Å². The number of rotatable bonds is 5. The van der Waals surface area contributed by atoms with Crippen LogP contribution >= 0.6 is 0 Å². The van der Waals surface area contributed by atoms with E-state index in [9.17, 15) is 0 Å². The fourth-order valence-electron chi connectivity index (χ4n) is 7.53. The van der Waals surface area contributed by atoms with Crippen LogP contribution in [-0.2, 0) is 0 Å². The monoisotopic (exact) mass is 680 g/mol. The minimum atomic E-state index is 0.133. The van der Waals surface area contributed by atoms with Crippen molar-refractivity contribution in [1.29, 1.82) is 0 Å². The average molecular weight is 681 g/mol. The van der Waals surface area contributed by atoms with Crippen LogP contribution in [0.5, 0.6) is 0 Å². The molecule has 2 aliphatic carbocycles. The molecule has 254 valence electrons. The van der Waals surface area contributed by atoms with E-state index in [1.165, 1.54) is 76.1 Å². The first-order valence-electron chi connectivity index (χ1n) is 18.2. The van der Waals surface area contributed by atoms with Gasteiger partial charge in [-0.3, -0.25) is 4.99 Å². The third-order valence-electron chi connectivity index (χ3n) is 9.89. The molecule has 0 saturated carbocycles. The van der Waals surface area contributed by atoms with Gasteiger partial charge in [-0.2, -0.15) is 0 Å². The molecule has 0 fully saturated rings. The Kier molecular flexibility index (Phi) is 9.39. The van der Waals surface area contributed by atoms with Crippen molar-refractivity contribution in [1.82, 2.24) is 0 Å². The summed E-state index contributed by atoms with van der Waals surface area (Å²) in [6, 6.07) is 45.8. The Bertz CT molecular complexity index is 2760. The molecule has 0 bridgehead atoms. The molecule has 7 aromatic carbocycles. The molecular formula is C51H40N2. The summed E-state index contributed by atoms with van der Waals surface area (Å²) in [6.07, 6.45) is 17.1. The first kappa shape index (κ1) is 33.5. The van der Waals surface area contributed by atoms with Gasteiger partial charge in [0.15, 0.2) is 0 Å². The molecule has 1 unspecified atom stereocenters. The third-order valence-corrected chi connectivity index (χ3v) is 9.89. The van der Waals surface area contributed by atoms with E-state index >= 15 is 0 Å². The van der Waals surface area contributed by atoms with Gasteiger partial charge in [-0.25, -0.2) is 0 Å². The normalized spacial score (nSPS) is 15.2. The Morgan fingerprint density at radius 2 is 1.38 bits per heavy atom. The van der Waals surface area contributed by atoms with Crippen molar-refractivity contribution in [2.75, 3.05) is 0 Å². The van der Waals surface area contributed by atoms with Crippen LogP contribution in [0.3, 0.4) is 0 Å². The van der Waals surface area contributed by atoms with Gasteiger partial charge in [0.1, 0.15) is 0 Å². The van der Waals surface area contributed by atoms with Gasteiger partial charge in [0, 0.05) is 18.3 Å². The van der Waals surface area contributed by atoms with Gasteiger partial charge in [0.25, 0.3) is 0 Å². The molecule has 0 amide bonds. The molecule has 2 heteroatoms. The highest BCUT2D eigenvalue weighted by Gasteiger charge is 2.20. The van der Waals surface area contributed by atoms with Crippen LogP contribution in [0, 0.1) is 18.8 Å². The van der Waals surface area contributed by atoms with Gasteiger partial charge in [0.05, 0.1) is 11.6 Å². The van der Waals surface area contributed by atoms with Crippen LogP contribution in [0.4, 0.5) is 5.69 Å². The highest BCUT2D eigenvalue weighted by Crippen LogP contribution is 2.44. The van der Waals surface area contributed by atoms with Crippen molar-refractivity contribution >= 4 is 56.4 Å². The van der Waals surface area contributed by atoms with Crippen LogP contribution in [0.1, 0.15) is 30.4 Å². The topological polar surface area (TPSA) is 38.4 Å². The molecule has 2 N–H and O–H groups in total. The minimum absolute atomic E-state index is 0.133. The first-order chi connectivity index (χ1) is 26.0. The van der Waals surface area contributed by atoms with Gasteiger partial charge in [-0.05, 0) is 121 Å². The van der Waals surface area contributed by atoms with E-state index in [-0.39, 0.29) is 5.92 Å². The molecule has 0 aliphatic heterocycles. The van der Waals surface area contributed by atoms with Gasteiger partial charge in [-0.15, -0.1) is 0 Å². The largest absolute Gasteiger partial charge is 0.402 e. The lowest BCUT2D eigenvalue weighted by atomic mass is 9.83. The number of fused-ring (bicyclic) bond motifs is 2. The Morgan fingerprint density at radius 1 is 0.717 bits per heavy atom. The molecule has 0 saturated heterocycles. The molecule has 53 heavy (non-hydrogen) atoms. The van der Waals surface area contributed by atoms with Crippen LogP contribution in [0.2, 0.25) is 0 Å². The number of aliphatic imine (C=N–C) groups is 1. The van der Waals surface area contributed by atoms with Gasteiger partial charge >= 0.3 is 0 Å². The summed E-state index contributed by atoms with van der Waals surface area (Å²) >= 11 is 0. The van der Waals surface area contributed by atoms with Crippen LogP contribution in [0.25, 0.3) is 66.7 Å². The van der Waals surface area contributed by atoms with Crippen molar-refractivity contribution in [3.05, 3.63) is 185 Å². The predicted octanol–water partition coefficient (Wildman–Crippen LogP) is 11.2. The standard InChI is InChI=1S/C44H32N2.C7H8/c1-29(45)11-8-9-26-46-36-24-22-32(23-25-36)43-37-16-4-6-18-39(37)44(40-19-7-5-17-38(40)43)35-27-33-13-3-2-12-30-14-10-15-31-20-21-34(28-35)42(33)41(30)31;1-7-5-3-2-4-6-7/h4-11,13-28,30H,3,45H2,1H3;2-6H,1H3/b9-8-,29-11+,33-13-,46-26?;. The lowest BCUT2D eigenvalue weighted by molar-refractivity contribution is 1.11. The molecule has 0 aromatic heterocycles. The number of hydrogen-bond donors (Lipinski definition) is 1. The Balaban J connectivity index is 0.000000515. The molecule has 1 atom stereocenters. The SMILES string of the molecule is C/C(N)=C\C=C/C=Nc1ccc(-c2c3ccccc3c(-c3c/c4c5c6c(ccc5c3)=CC=CC6C#CC\C=4)c3ccccc23)cc1.Cc1ccccc1. The lowest BCUT2D eigenvalue weighted by Gasteiger charge is -2.20. The molecule has 0 radical (unpaired) electrons. The van der Waals surface area contributed by atoms with Crippen LogP contribution < -0.4 is 16.2 Å². The van der Waals surface area contributed by atoms with Crippen molar-refractivity contribution in [2.45, 2.75) is 26.2 Å². The molecule has 9 rings (SSSR count).